The van der Waals surface area contributed by atoms with Gasteiger partial charge in [-0.2, -0.15) is 13.2 Å². The van der Waals surface area contributed by atoms with Gasteiger partial charge in [-0.15, -0.1) is 0 Å². The Morgan fingerprint density at radius 2 is 1.78 bits per heavy atom. The van der Waals surface area contributed by atoms with Gasteiger partial charge < -0.3 is 10.2 Å². The summed E-state index contributed by atoms with van der Waals surface area (Å²) in [6.07, 6.45) is -2.33. The molecule has 0 aromatic heterocycles. The zero-order valence-corrected chi connectivity index (χ0v) is 11.4. The van der Waals surface area contributed by atoms with Gasteiger partial charge in [-0.1, -0.05) is 13.8 Å². The second-order valence-electron chi connectivity index (χ2n) is 5.59. The quantitative estimate of drug-likeness (QED) is 0.744. The van der Waals surface area contributed by atoms with Crippen molar-refractivity contribution in [2.45, 2.75) is 39.3 Å². The highest BCUT2D eigenvalue weighted by atomic mass is 19.4. The summed E-state index contributed by atoms with van der Waals surface area (Å²) in [6, 6.07) is 0. The van der Waals surface area contributed by atoms with E-state index < -0.39 is 12.1 Å². The van der Waals surface area contributed by atoms with Gasteiger partial charge in [0.05, 0.1) is 5.92 Å². The molecule has 0 bridgehead atoms. The molecule has 0 aromatic carbocycles. The van der Waals surface area contributed by atoms with Crippen molar-refractivity contribution in [3.63, 3.8) is 0 Å². The predicted molar refractivity (Wildman–Crippen MR) is 67.5 cm³/mol. The maximum Gasteiger partial charge on any atom is 0.391 e. The highest BCUT2D eigenvalue weighted by Crippen LogP contribution is 2.33. The lowest BCUT2D eigenvalue weighted by atomic mass is 9.96. The molecule has 18 heavy (non-hydrogen) atoms. The Kier molecular flexibility index (Phi) is 6.43. The molecule has 0 radical (unpaired) electrons. The number of piperidine rings is 1. The third-order valence-electron chi connectivity index (χ3n) is 3.55. The van der Waals surface area contributed by atoms with Gasteiger partial charge in [0.1, 0.15) is 0 Å². The van der Waals surface area contributed by atoms with Gasteiger partial charge in [0.2, 0.25) is 0 Å². The van der Waals surface area contributed by atoms with Crippen molar-refractivity contribution in [2.24, 2.45) is 11.8 Å². The van der Waals surface area contributed by atoms with Crippen molar-refractivity contribution in [3.05, 3.63) is 0 Å². The third-order valence-corrected chi connectivity index (χ3v) is 3.55. The van der Waals surface area contributed by atoms with Crippen LogP contribution in [0.15, 0.2) is 0 Å². The minimum absolute atomic E-state index is 0.259. The Morgan fingerprint density at radius 3 is 2.28 bits per heavy atom. The molecule has 0 aromatic rings. The molecule has 0 aliphatic carbocycles. The summed E-state index contributed by atoms with van der Waals surface area (Å²) in [5.74, 6) is -0.386. The number of alkyl halides is 3. The van der Waals surface area contributed by atoms with Gasteiger partial charge in [0.15, 0.2) is 0 Å². The number of nitrogens with one attached hydrogen (secondary N) is 1. The molecule has 1 aliphatic heterocycles. The minimum Gasteiger partial charge on any atom is -0.315 e. The molecule has 0 spiro atoms. The first-order chi connectivity index (χ1) is 8.39. The Bertz CT molecular complexity index is 221. The molecule has 0 saturated carbocycles. The zero-order chi connectivity index (χ0) is 13.6. The molecule has 1 rings (SSSR count). The van der Waals surface area contributed by atoms with Crippen molar-refractivity contribution in [1.29, 1.82) is 0 Å². The van der Waals surface area contributed by atoms with Crippen LogP contribution < -0.4 is 5.32 Å². The highest BCUT2D eigenvalue weighted by Gasteiger charge is 2.40. The largest absolute Gasteiger partial charge is 0.391 e. The minimum atomic E-state index is -4.00. The van der Waals surface area contributed by atoms with Gasteiger partial charge in [-0.25, -0.2) is 0 Å². The van der Waals surface area contributed by atoms with Crippen LogP contribution in [0, 0.1) is 11.8 Å². The molecule has 1 aliphatic rings. The first-order valence-corrected chi connectivity index (χ1v) is 6.89. The fourth-order valence-electron chi connectivity index (χ4n) is 2.24. The summed E-state index contributed by atoms with van der Waals surface area (Å²) in [5, 5.41) is 3.34. The monoisotopic (exact) mass is 266 g/mol. The van der Waals surface area contributed by atoms with Gasteiger partial charge >= 0.3 is 6.18 Å². The van der Waals surface area contributed by atoms with E-state index in [-0.39, 0.29) is 12.8 Å². The SMILES string of the molecule is CC(C)CCNCCN1CCC(C(F)(F)F)CC1. The van der Waals surface area contributed by atoms with Gasteiger partial charge in [0, 0.05) is 13.1 Å². The summed E-state index contributed by atoms with van der Waals surface area (Å²) in [6.45, 7) is 8.27. The molecule has 108 valence electrons. The lowest BCUT2D eigenvalue weighted by molar-refractivity contribution is -0.184. The number of halogens is 3. The standard InChI is InChI=1S/C13H25F3N2/c1-11(2)3-6-17-7-10-18-8-4-12(5-9-18)13(14,15)16/h11-12,17H,3-10H2,1-2H3. The molecular weight excluding hydrogens is 241 g/mol. The van der Waals surface area contributed by atoms with Crippen LogP contribution in [0.3, 0.4) is 0 Å². The van der Waals surface area contributed by atoms with Crippen LogP contribution in [-0.2, 0) is 0 Å². The second kappa shape index (κ2) is 7.34. The lowest BCUT2D eigenvalue weighted by Gasteiger charge is -2.32. The number of nitrogens with zero attached hydrogens (tertiary/aromatic N) is 1. The van der Waals surface area contributed by atoms with E-state index in [1.54, 1.807) is 0 Å². The Hall–Kier alpha value is -0.290. The first kappa shape index (κ1) is 15.8. The Morgan fingerprint density at radius 1 is 1.17 bits per heavy atom. The van der Waals surface area contributed by atoms with E-state index >= 15 is 0 Å². The molecular formula is C13H25F3N2. The second-order valence-corrected chi connectivity index (χ2v) is 5.59. The van der Waals surface area contributed by atoms with E-state index in [2.05, 4.69) is 24.1 Å². The number of hydrogen-bond donors (Lipinski definition) is 1. The van der Waals surface area contributed by atoms with E-state index in [4.69, 9.17) is 0 Å². The van der Waals surface area contributed by atoms with Crippen molar-refractivity contribution in [1.82, 2.24) is 10.2 Å². The Labute approximate surface area is 108 Å². The molecule has 0 unspecified atom stereocenters. The molecule has 2 nitrogen and oxygen atoms in total. The number of hydrogen-bond acceptors (Lipinski definition) is 2. The summed E-state index contributed by atoms with van der Waals surface area (Å²) in [5.41, 5.74) is 0. The molecule has 1 heterocycles. The fraction of sp³-hybridized carbons (Fsp3) is 1.00. The van der Waals surface area contributed by atoms with E-state index in [1.165, 1.54) is 0 Å². The third kappa shape index (κ3) is 6.05. The van der Waals surface area contributed by atoms with Gasteiger partial charge in [-0.05, 0) is 44.8 Å². The smallest absolute Gasteiger partial charge is 0.315 e. The lowest BCUT2D eigenvalue weighted by Crippen LogP contribution is -2.41. The van der Waals surface area contributed by atoms with Crippen LogP contribution in [0.1, 0.15) is 33.1 Å². The molecule has 0 atom stereocenters. The van der Waals surface area contributed by atoms with Crippen LogP contribution in [0.25, 0.3) is 0 Å². The zero-order valence-electron chi connectivity index (χ0n) is 11.4. The van der Waals surface area contributed by atoms with Crippen molar-refractivity contribution >= 4 is 0 Å². The first-order valence-electron chi connectivity index (χ1n) is 6.89. The number of likely N-dealkylation sites (tertiary alicyclic amines) is 1. The topological polar surface area (TPSA) is 15.3 Å². The average molecular weight is 266 g/mol. The van der Waals surface area contributed by atoms with E-state index in [0.29, 0.717) is 19.0 Å². The summed E-state index contributed by atoms with van der Waals surface area (Å²) in [4.78, 5) is 2.13. The fourth-order valence-corrected chi connectivity index (χ4v) is 2.24. The summed E-state index contributed by atoms with van der Waals surface area (Å²) >= 11 is 0. The predicted octanol–water partition coefficient (Wildman–Crippen LogP) is 2.90. The highest BCUT2D eigenvalue weighted by molar-refractivity contribution is 4.77. The molecule has 1 saturated heterocycles. The van der Waals surface area contributed by atoms with Crippen molar-refractivity contribution < 1.29 is 13.2 Å². The van der Waals surface area contributed by atoms with E-state index in [0.717, 1.165) is 26.1 Å². The summed E-state index contributed by atoms with van der Waals surface area (Å²) in [7, 11) is 0. The van der Waals surface area contributed by atoms with E-state index in [1.807, 2.05) is 0 Å². The van der Waals surface area contributed by atoms with Crippen LogP contribution >= 0.6 is 0 Å². The van der Waals surface area contributed by atoms with Crippen LogP contribution in [-0.4, -0.2) is 43.8 Å². The van der Waals surface area contributed by atoms with Crippen molar-refractivity contribution in [3.8, 4) is 0 Å². The van der Waals surface area contributed by atoms with Gasteiger partial charge in [-0.3, -0.25) is 0 Å². The van der Waals surface area contributed by atoms with Gasteiger partial charge in [0.25, 0.3) is 0 Å². The molecule has 1 N–H and O–H groups in total. The van der Waals surface area contributed by atoms with Crippen LogP contribution in [0.2, 0.25) is 0 Å². The van der Waals surface area contributed by atoms with Crippen molar-refractivity contribution in [2.75, 3.05) is 32.7 Å². The molecule has 0 amide bonds. The Balaban J connectivity index is 2.06. The maximum atomic E-state index is 12.5. The number of rotatable bonds is 6. The van der Waals surface area contributed by atoms with Crippen LogP contribution in [0.5, 0.6) is 0 Å². The average Bonchev–Trinajstić information content (AvgIpc) is 2.27. The normalized spacial score (nSPS) is 19.7. The molecule has 1 fully saturated rings. The summed E-state index contributed by atoms with van der Waals surface area (Å²) < 4.78 is 37.4. The molecule has 5 heteroatoms. The van der Waals surface area contributed by atoms with Crippen LogP contribution in [0.4, 0.5) is 13.2 Å². The van der Waals surface area contributed by atoms with E-state index in [9.17, 15) is 13.2 Å². The maximum absolute atomic E-state index is 12.5.